The number of aromatic nitrogens is 2. The fourth-order valence-corrected chi connectivity index (χ4v) is 6.42. The highest BCUT2D eigenvalue weighted by Crippen LogP contribution is 2.32. The molecule has 5 rings (SSSR count). The molecule has 1 aromatic heterocycles. The molecule has 6 nitrogen and oxygen atoms in total. The van der Waals surface area contributed by atoms with Crippen molar-refractivity contribution in [2.75, 3.05) is 5.75 Å². The van der Waals surface area contributed by atoms with E-state index >= 15 is 0 Å². The molecule has 0 radical (unpaired) electrons. The van der Waals surface area contributed by atoms with E-state index in [2.05, 4.69) is 63.2 Å². The van der Waals surface area contributed by atoms with Crippen molar-refractivity contribution in [1.82, 2.24) is 15.6 Å². The fraction of sp³-hybridized carbons (Fsp3) is 0.103. The Bertz CT molecular complexity index is 1520. The number of thioether (sulfide) groups is 2. The van der Waals surface area contributed by atoms with Gasteiger partial charge >= 0.3 is 0 Å². The third-order valence-corrected chi connectivity index (χ3v) is 8.72. The van der Waals surface area contributed by atoms with Gasteiger partial charge in [0.1, 0.15) is 12.4 Å². The number of ether oxygens (including phenoxy) is 1. The number of nitrogens with one attached hydrogen (secondary N) is 1. The Hall–Kier alpha value is -3.66. The van der Waals surface area contributed by atoms with Crippen LogP contribution in [-0.2, 0) is 17.2 Å². The van der Waals surface area contributed by atoms with Gasteiger partial charge in [-0.1, -0.05) is 108 Å². The Kier molecular flexibility index (Phi) is 9.04. The van der Waals surface area contributed by atoms with Gasteiger partial charge in [0.25, 0.3) is 5.91 Å². The van der Waals surface area contributed by atoms with Crippen molar-refractivity contribution in [1.29, 1.82) is 0 Å². The third kappa shape index (κ3) is 7.44. The number of carbonyl (C=O) groups is 1. The average Bonchev–Trinajstić information content (AvgIpc) is 3.43. The SMILES string of the molecule is O=C(CSc1nnc(SCc2cccc3ccccc23)s1)N/N=C/c1ccc(OCc2ccccc2)cc1. The van der Waals surface area contributed by atoms with E-state index in [1.807, 2.05) is 54.6 Å². The molecule has 0 bridgehead atoms. The summed E-state index contributed by atoms with van der Waals surface area (Å²) in [6.07, 6.45) is 1.61. The van der Waals surface area contributed by atoms with Crippen LogP contribution in [0.4, 0.5) is 0 Å². The predicted molar refractivity (Wildman–Crippen MR) is 157 cm³/mol. The zero-order valence-corrected chi connectivity index (χ0v) is 22.8. The van der Waals surface area contributed by atoms with Gasteiger partial charge in [-0.3, -0.25) is 4.79 Å². The first kappa shape index (κ1) is 26.0. The summed E-state index contributed by atoms with van der Waals surface area (Å²) in [6, 6.07) is 32.3. The Morgan fingerprint density at radius 1 is 0.868 bits per heavy atom. The van der Waals surface area contributed by atoms with Gasteiger partial charge in [0.15, 0.2) is 8.68 Å². The lowest BCUT2D eigenvalue weighted by Crippen LogP contribution is -2.19. The lowest BCUT2D eigenvalue weighted by Gasteiger charge is -2.06. The van der Waals surface area contributed by atoms with Crippen LogP contribution >= 0.6 is 34.9 Å². The summed E-state index contributed by atoms with van der Waals surface area (Å²) < 4.78 is 7.44. The highest BCUT2D eigenvalue weighted by Gasteiger charge is 2.09. The lowest BCUT2D eigenvalue weighted by atomic mass is 10.1. The molecule has 0 aliphatic carbocycles. The molecule has 0 spiro atoms. The van der Waals surface area contributed by atoms with Crippen molar-refractivity contribution in [2.24, 2.45) is 5.10 Å². The van der Waals surface area contributed by atoms with Gasteiger partial charge in [0, 0.05) is 5.75 Å². The minimum atomic E-state index is -0.200. The number of fused-ring (bicyclic) bond motifs is 1. The first-order valence-corrected chi connectivity index (χ1v) is 14.7. The zero-order valence-electron chi connectivity index (χ0n) is 20.3. The van der Waals surface area contributed by atoms with Crippen LogP contribution in [-0.4, -0.2) is 28.1 Å². The highest BCUT2D eigenvalue weighted by molar-refractivity contribution is 8.03. The molecule has 1 N–H and O–H groups in total. The number of benzene rings is 4. The molecule has 0 saturated carbocycles. The van der Waals surface area contributed by atoms with Crippen molar-refractivity contribution >= 4 is 57.8 Å². The van der Waals surface area contributed by atoms with Crippen LogP contribution < -0.4 is 10.2 Å². The standard InChI is InChI=1S/C29H24N4O2S3/c34-27(31-30-17-21-13-15-25(16-14-21)35-18-22-7-2-1-3-8-22)20-37-29-33-32-28(38-29)36-19-24-11-6-10-23-9-4-5-12-26(23)24/h1-17H,18-20H2,(H,31,34)/b30-17+. The van der Waals surface area contributed by atoms with Crippen LogP contribution in [0.15, 0.2) is 111 Å². The predicted octanol–water partition coefficient (Wildman–Crippen LogP) is 6.81. The molecule has 0 aliphatic rings. The van der Waals surface area contributed by atoms with E-state index in [1.54, 1.807) is 18.0 Å². The summed E-state index contributed by atoms with van der Waals surface area (Å²) in [4.78, 5) is 12.2. The smallest absolute Gasteiger partial charge is 0.250 e. The van der Waals surface area contributed by atoms with Gasteiger partial charge in [-0.05, 0) is 51.7 Å². The molecule has 0 fully saturated rings. The summed E-state index contributed by atoms with van der Waals surface area (Å²) in [5, 5.41) is 15.0. The molecule has 0 saturated heterocycles. The second kappa shape index (κ2) is 13.2. The van der Waals surface area contributed by atoms with Gasteiger partial charge in [0.05, 0.1) is 12.0 Å². The van der Waals surface area contributed by atoms with Crippen molar-refractivity contribution < 1.29 is 9.53 Å². The fourth-order valence-electron chi connectivity index (χ4n) is 3.60. The summed E-state index contributed by atoms with van der Waals surface area (Å²) in [5.74, 6) is 1.61. The van der Waals surface area contributed by atoms with E-state index in [1.165, 1.54) is 39.4 Å². The summed E-state index contributed by atoms with van der Waals surface area (Å²) in [5.41, 5.74) is 5.81. The van der Waals surface area contributed by atoms with Gasteiger partial charge in [-0.2, -0.15) is 5.10 Å². The van der Waals surface area contributed by atoms with Crippen molar-refractivity contribution in [3.63, 3.8) is 0 Å². The van der Waals surface area contributed by atoms with Crippen LogP contribution in [0, 0.1) is 0 Å². The molecule has 38 heavy (non-hydrogen) atoms. The second-order valence-corrected chi connectivity index (χ2v) is 11.6. The number of hydrogen-bond acceptors (Lipinski definition) is 8. The molecule has 190 valence electrons. The molecule has 1 heterocycles. The molecule has 4 aromatic carbocycles. The number of rotatable bonds is 11. The third-order valence-electron chi connectivity index (χ3n) is 5.48. The van der Waals surface area contributed by atoms with E-state index in [-0.39, 0.29) is 11.7 Å². The quantitative estimate of drug-likeness (QED) is 0.109. The van der Waals surface area contributed by atoms with Gasteiger partial charge in [-0.25, -0.2) is 5.43 Å². The molecule has 9 heteroatoms. The minimum absolute atomic E-state index is 0.200. The van der Waals surface area contributed by atoms with Gasteiger partial charge in [-0.15, -0.1) is 10.2 Å². The Labute approximate surface area is 233 Å². The van der Waals surface area contributed by atoms with Crippen molar-refractivity contribution in [3.05, 3.63) is 114 Å². The normalized spacial score (nSPS) is 11.2. The molecular weight excluding hydrogens is 533 g/mol. The van der Waals surface area contributed by atoms with E-state index in [4.69, 9.17) is 4.74 Å². The molecule has 5 aromatic rings. The number of nitrogens with zero attached hydrogens (tertiary/aromatic N) is 3. The number of hydrogen-bond donors (Lipinski definition) is 1. The van der Waals surface area contributed by atoms with E-state index < -0.39 is 0 Å². The Balaban J connectivity index is 1.04. The number of carbonyl (C=O) groups excluding carboxylic acids is 1. The van der Waals surface area contributed by atoms with Crippen LogP contribution in [0.3, 0.4) is 0 Å². The summed E-state index contributed by atoms with van der Waals surface area (Å²) in [6.45, 7) is 0.515. The van der Waals surface area contributed by atoms with Crippen molar-refractivity contribution in [3.8, 4) is 5.75 Å². The van der Waals surface area contributed by atoms with Crippen LogP contribution in [0.1, 0.15) is 16.7 Å². The molecular formula is C29H24N4O2S3. The van der Waals surface area contributed by atoms with E-state index in [0.29, 0.717) is 6.61 Å². The topological polar surface area (TPSA) is 76.5 Å². The zero-order chi connectivity index (χ0) is 26.0. The Morgan fingerprint density at radius 2 is 1.61 bits per heavy atom. The highest BCUT2D eigenvalue weighted by atomic mass is 32.2. The first-order valence-electron chi connectivity index (χ1n) is 11.9. The largest absolute Gasteiger partial charge is 0.489 e. The molecule has 0 unspecified atom stereocenters. The summed E-state index contributed by atoms with van der Waals surface area (Å²) >= 11 is 4.51. The maximum Gasteiger partial charge on any atom is 0.250 e. The van der Waals surface area contributed by atoms with Crippen LogP contribution in [0.25, 0.3) is 10.8 Å². The summed E-state index contributed by atoms with van der Waals surface area (Å²) in [7, 11) is 0. The maximum absolute atomic E-state index is 12.2. The second-order valence-electron chi connectivity index (χ2n) is 8.19. The van der Waals surface area contributed by atoms with Crippen LogP contribution in [0.5, 0.6) is 5.75 Å². The van der Waals surface area contributed by atoms with E-state index in [9.17, 15) is 4.79 Å². The lowest BCUT2D eigenvalue weighted by molar-refractivity contribution is -0.118. The van der Waals surface area contributed by atoms with Gasteiger partial charge in [0.2, 0.25) is 0 Å². The van der Waals surface area contributed by atoms with Crippen LogP contribution in [0.2, 0.25) is 0 Å². The maximum atomic E-state index is 12.2. The number of hydrazone groups is 1. The first-order chi connectivity index (χ1) is 18.7. The molecule has 0 aliphatic heterocycles. The molecule has 1 amide bonds. The monoisotopic (exact) mass is 556 g/mol. The average molecular weight is 557 g/mol. The minimum Gasteiger partial charge on any atom is -0.489 e. The molecule has 0 atom stereocenters. The van der Waals surface area contributed by atoms with E-state index in [0.717, 1.165) is 31.3 Å². The van der Waals surface area contributed by atoms with Gasteiger partial charge < -0.3 is 4.74 Å². The van der Waals surface area contributed by atoms with Crippen molar-refractivity contribution in [2.45, 2.75) is 21.0 Å². The Morgan fingerprint density at radius 3 is 2.45 bits per heavy atom. The number of amides is 1.